The van der Waals surface area contributed by atoms with Crippen LogP contribution < -0.4 is 0 Å². The molecule has 144 valence electrons. The van der Waals surface area contributed by atoms with Gasteiger partial charge in [0.2, 0.25) is 5.91 Å². The fourth-order valence-corrected chi connectivity index (χ4v) is 3.82. The van der Waals surface area contributed by atoms with Gasteiger partial charge in [-0.25, -0.2) is 0 Å². The van der Waals surface area contributed by atoms with Gasteiger partial charge < -0.3 is 14.2 Å². The lowest BCUT2D eigenvalue weighted by Gasteiger charge is -2.27. The van der Waals surface area contributed by atoms with Gasteiger partial charge in [0.05, 0.1) is 25.5 Å². The van der Waals surface area contributed by atoms with Crippen molar-refractivity contribution in [1.29, 1.82) is 0 Å². The van der Waals surface area contributed by atoms with E-state index in [1.165, 1.54) is 0 Å². The van der Waals surface area contributed by atoms with Gasteiger partial charge in [-0.05, 0) is 11.1 Å². The van der Waals surface area contributed by atoms with E-state index < -0.39 is 0 Å². The summed E-state index contributed by atoms with van der Waals surface area (Å²) in [4.78, 5) is 14.4. The summed E-state index contributed by atoms with van der Waals surface area (Å²) >= 11 is 0. The number of rotatable bonds is 6. The molecule has 0 fully saturated rings. The number of ether oxygens (including phenoxy) is 1. The molecule has 0 spiro atoms. The predicted molar refractivity (Wildman–Crippen MR) is 106 cm³/mol. The van der Waals surface area contributed by atoms with Crippen molar-refractivity contribution in [3.63, 3.8) is 0 Å². The highest BCUT2D eigenvalue weighted by Gasteiger charge is 2.31. The highest BCUT2D eigenvalue weighted by Crippen LogP contribution is 2.36. The molecule has 28 heavy (non-hydrogen) atoms. The number of hydrogen-bond donors (Lipinski definition) is 0. The third-order valence-corrected chi connectivity index (χ3v) is 5.27. The molecule has 1 aliphatic heterocycles. The summed E-state index contributed by atoms with van der Waals surface area (Å²) in [5.41, 5.74) is 4.26. The second kappa shape index (κ2) is 8.40. The Labute approximate surface area is 164 Å². The molecule has 2 aromatic carbocycles. The van der Waals surface area contributed by atoms with Gasteiger partial charge >= 0.3 is 0 Å². The summed E-state index contributed by atoms with van der Waals surface area (Å²) in [5.74, 6) is 0.974. The smallest absolute Gasteiger partial charge is 0.225 e. The van der Waals surface area contributed by atoms with Crippen LogP contribution in [-0.2, 0) is 22.5 Å². The summed E-state index contributed by atoms with van der Waals surface area (Å²) in [6.45, 7) is 1.63. The molecule has 4 rings (SSSR count). The Bertz CT molecular complexity index is 882. The summed E-state index contributed by atoms with van der Waals surface area (Å²) in [5, 5.41) is 4.47. The molecule has 0 bridgehead atoms. The topological polar surface area (TPSA) is 55.6 Å². The van der Waals surface area contributed by atoms with Crippen molar-refractivity contribution in [3.8, 4) is 0 Å². The molecule has 0 saturated carbocycles. The Morgan fingerprint density at radius 2 is 1.75 bits per heavy atom. The van der Waals surface area contributed by atoms with E-state index in [4.69, 9.17) is 9.26 Å². The number of methoxy groups -OCH3 is 1. The maximum atomic E-state index is 12.5. The van der Waals surface area contributed by atoms with Crippen molar-refractivity contribution >= 4 is 5.91 Å². The summed E-state index contributed by atoms with van der Waals surface area (Å²) in [6.07, 6.45) is 1.09. The van der Waals surface area contributed by atoms with E-state index in [-0.39, 0.29) is 11.8 Å². The first kappa shape index (κ1) is 18.4. The van der Waals surface area contributed by atoms with Gasteiger partial charge in [-0.1, -0.05) is 65.8 Å². The van der Waals surface area contributed by atoms with Crippen LogP contribution in [0.1, 0.15) is 40.5 Å². The van der Waals surface area contributed by atoms with Crippen LogP contribution in [0.5, 0.6) is 0 Å². The first-order chi connectivity index (χ1) is 13.8. The van der Waals surface area contributed by atoms with E-state index in [0.29, 0.717) is 32.5 Å². The number of benzene rings is 2. The molecule has 1 aliphatic rings. The van der Waals surface area contributed by atoms with Crippen molar-refractivity contribution in [3.05, 3.63) is 88.8 Å². The zero-order valence-electron chi connectivity index (χ0n) is 16.0. The quantitative estimate of drug-likeness (QED) is 0.657. The molecule has 0 atom stereocenters. The SMILES string of the molecule is COCCC(=O)N1CCc2onc(C(c3ccccc3)c3ccccc3)c2C1. The van der Waals surface area contributed by atoms with Gasteiger partial charge in [0.15, 0.2) is 0 Å². The van der Waals surface area contributed by atoms with Crippen LogP contribution in [0.4, 0.5) is 0 Å². The second-order valence-electron chi connectivity index (χ2n) is 7.03. The number of nitrogens with zero attached hydrogens (tertiary/aromatic N) is 2. The lowest BCUT2D eigenvalue weighted by atomic mass is 9.85. The number of amides is 1. The van der Waals surface area contributed by atoms with E-state index in [9.17, 15) is 4.79 Å². The average Bonchev–Trinajstić information content (AvgIpc) is 3.17. The average molecular weight is 376 g/mol. The number of hydrogen-bond acceptors (Lipinski definition) is 4. The highest BCUT2D eigenvalue weighted by atomic mass is 16.5. The maximum Gasteiger partial charge on any atom is 0.225 e. The maximum absolute atomic E-state index is 12.5. The predicted octanol–water partition coefficient (Wildman–Crippen LogP) is 3.78. The Kier molecular flexibility index (Phi) is 5.53. The normalized spacial score (nSPS) is 13.6. The number of fused-ring (bicyclic) bond motifs is 1. The van der Waals surface area contributed by atoms with Gasteiger partial charge in [0, 0.05) is 25.6 Å². The van der Waals surface area contributed by atoms with Gasteiger partial charge in [-0.3, -0.25) is 4.79 Å². The lowest BCUT2D eigenvalue weighted by Crippen LogP contribution is -2.36. The van der Waals surface area contributed by atoms with Gasteiger partial charge in [-0.2, -0.15) is 0 Å². The minimum absolute atomic E-state index is 0.0241. The van der Waals surface area contributed by atoms with Crippen LogP contribution >= 0.6 is 0 Å². The first-order valence-electron chi connectivity index (χ1n) is 9.62. The molecule has 0 aliphatic carbocycles. The van der Waals surface area contributed by atoms with E-state index >= 15 is 0 Å². The zero-order chi connectivity index (χ0) is 19.3. The fraction of sp³-hybridized carbons (Fsp3) is 0.304. The highest BCUT2D eigenvalue weighted by molar-refractivity contribution is 5.76. The van der Waals surface area contributed by atoms with Crippen LogP contribution in [0.25, 0.3) is 0 Å². The number of carbonyl (C=O) groups excluding carboxylic acids is 1. The Morgan fingerprint density at radius 1 is 1.11 bits per heavy atom. The van der Waals surface area contributed by atoms with Gasteiger partial charge in [0.1, 0.15) is 11.5 Å². The molecular formula is C23H24N2O3. The molecule has 5 nitrogen and oxygen atoms in total. The molecule has 0 saturated heterocycles. The van der Waals surface area contributed by atoms with Crippen LogP contribution in [0, 0.1) is 0 Å². The molecule has 0 N–H and O–H groups in total. The molecule has 3 aromatic rings. The van der Waals surface area contributed by atoms with Crippen molar-refractivity contribution in [2.75, 3.05) is 20.3 Å². The lowest BCUT2D eigenvalue weighted by molar-refractivity contribution is -0.133. The Hall–Kier alpha value is -2.92. The largest absolute Gasteiger partial charge is 0.384 e. The fourth-order valence-electron chi connectivity index (χ4n) is 3.82. The van der Waals surface area contributed by atoms with Crippen molar-refractivity contribution < 1.29 is 14.1 Å². The molecule has 5 heteroatoms. The zero-order valence-corrected chi connectivity index (χ0v) is 16.0. The Balaban J connectivity index is 1.70. The van der Waals surface area contributed by atoms with Crippen molar-refractivity contribution in [2.24, 2.45) is 0 Å². The minimum atomic E-state index is -0.0241. The van der Waals surface area contributed by atoms with Crippen LogP contribution in [-0.4, -0.2) is 36.2 Å². The molecule has 0 radical (unpaired) electrons. The molecular weight excluding hydrogens is 352 g/mol. The molecule has 2 heterocycles. The van der Waals surface area contributed by atoms with E-state index in [2.05, 4.69) is 29.4 Å². The second-order valence-corrected chi connectivity index (χ2v) is 7.03. The molecule has 0 unspecified atom stereocenters. The van der Waals surface area contributed by atoms with E-state index in [0.717, 1.165) is 28.1 Å². The summed E-state index contributed by atoms with van der Waals surface area (Å²) in [6, 6.07) is 20.6. The van der Waals surface area contributed by atoms with Gasteiger partial charge in [0.25, 0.3) is 0 Å². The van der Waals surface area contributed by atoms with Crippen LogP contribution in [0.3, 0.4) is 0 Å². The summed E-state index contributed by atoms with van der Waals surface area (Å²) in [7, 11) is 1.62. The van der Waals surface area contributed by atoms with Crippen LogP contribution in [0.2, 0.25) is 0 Å². The Morgan fingerprint density at radius 3 is 2.36 bits per heavy atom. The van der Waals surface area contributed by atoms with E-state index in [1.54, 1.807) is 7.11 Å². The first-order valence-corrected chi connectivity index (χ1v) is 9.62. The van der Waals surface area contributed by atoms with E-state index in [1.807, 2.05) is 41.3 Å². The van der Waals surface area contributed by atoms with Gasteiger partial charge in [-0.15, -0.1) is 0 Å². The third-order valence-electron chi connectivity index (χ3n) is 5.27. The number of carbonyl (C=O) groups is 1. The molecule has 1 aromatic heterocycles. The van der Waals surface area contributed by atoms with Crippen LogP contribution in [0.15, 0.2) is 65.2 Å². The van der Waals surface area contributed by atoms with Crippen molar-refractivity contribution in [2.45, 2.75) is 25.3 Å². The van der Waals surface area contributed by atoms with Crippen molar-refractivity contribution in [1.82, 2.24) is 10.1 Å². The standard InChI is InChI=1S/C23H24N2O3/c1-27-15-13-21(26)25-14-12-20-19(16-25)23(24-28-20)22(17-8-4-2-5-9-17)18-10-6-3-7-11-18/h2-11,22H,12-16H2,1H3. The number of aromatic nitrogens is 1. The third kappa shape index (κ3) is 3.71. The monoisotopic (exact) mass is 376 g/mol. The summed E-state index contributed by atoms with van der Waals surface area (Å²) < 4.78 is 10.8. The minimum Gasteiger partial charge on any atom is -0.384 e. The molecule has 1 amide bonds.